The highest BCUT2D eigenvalue weighted by atomic mass is 32.2. The summed E-state index contributed by atoms with van der Waals surface area (Å²) in [4.78, 5) is 35.0. The Bertz CT molecular complexity index is 1030. The van der Waals surface area contributed by atoms with Gasteiger partial charge in [0.25, 0.3) is 0 Å². The Kier molecular flexibility index (Phi) is 7.30. The van der Waals surface area contributed by atoms with Gasteiger partial charge in [-0.05, 0) is 36.8 Å². The first kappa shape index (κ1) is 23.0. The third-order valence-electron chi connectivity index (χ3n) is 4.41. The molecule has 1 unspecified atom stereocenters. The van der Waals surface area contributed by atoms with Crippen molar-refractivity contribution in [3.8, 4) is 0 Å². The summed E-state index contributed by atoms with van der Waals surface area (Å²) >= 11 is 0. The van der Waals surface area contributed by atoms with Gasteiger partial charge < -0.3 is 16.2 Å². The highest BCUT2D eigenvalue weighted by Crippen LogP contribution is 2.15. The first-order valence-corrected chi connectivity index (χ1v) is 10.4. The Labute approximate surface area is 174 Å². The fourth-order valence-corrected chi connectivity index (χ4v) is 3.79. The van der Waals surface area contributed by atoms with Crippen LogP contribution in [0.25, 0.3) is 0 Å². The Morgan fingerprint density at radius 3 is 2.13 bits per heavy atom. The number of nitrogens with zero attached hydrogens (tertiary/aromatic N) is 1. The number of aliphatic carboxylic acids is 1. The van der Waals surface area contributed by atoms with Crippen LogP contribution in [-0.2, 0) is 26.0 Å². The summed E-state index contributed by atoms with van der Waals surface area (Å²) in [5.74, 6) is -2.64. The van der Waals surface area contributed by atoms with Gasteiger partial charge in [-0.25, -0.2) is 13.2 Å². The number of benzene rings is 2. The number of rotatable bonds is 9. The second-order valence-electron chi connectivity index (χ2n) is 6.80. The van der Waals surface area contributed by atoms with Crippen LogP contribution in [0.15, 0.2) is 53.4 Å². The van der Waals surface area contributed by atoms with Gasteiger partial charge in [0.1, 0.15) is 6.04 Å². The van der Waals surface area contributed by atoms with E-state index in [4.69, 9.17) is 5.73 Å². The Morgan fingerprint density at radius 2 is 1.63 bits per heavy atom. The number of primary amides is 1. The summed E-state index contributed by atoms with van der Waals surface area (Å²) in [5.41, 5.74) is 6.90. The smallest absolute Gasteiger partial charge is 0.326 e. The van der Waals surface area contributed by atoms with Gasteiger partial charge in [-0.1, -0.05) is 29.8 Å². The molecule has 0 spiro atoms. The van der Waals surface area contributed by atoms with Crippen LogP contribution in [0.1, 0.15) is 21.5 Å². The summed E-state index contributed by atoms with van der Waals surface area (Å²) in [6.45, 7) is 1.28. The van der Waals surface area contributed by atoms with Crippen molar-refractivity contribution in [3.05, 3.63) is 65.2 Å². The van der Waals surface area contributed by atoms with Gasteiger partial charge in [0.15, 0.2) is 0 Å². The van der Waals surface area contributed by atoms with Crippen molar-refractivity contribution in [2.24, 2.45) is 5.73 Å². The molecule has 2 rings (SSSR count). The number of carboxylic acid groups (broad SMARTS) is 1. The van der Waals surface area contributed by atoms with Crippen LogP contribution in [0, 0.1) is 6.92 Å². The normalized spacial score (nSPS) is 12.4. The minimum atomic E-state index is -3.90. The highest BCUT2D eigenvalue weighted by molar-refractivity contribution is 7.89. The molecule has 1 atom stereocenters. The molecule has 0 aliphatic heterocycles. The van der Waals surface area contributed by atoms with E-state index in [1.165, 1.54) is 43.4 Å². The number of nitrogens with two attached hydrogens (primary N) is 1. The summed E-state index contributed by atoms with van der Waals surface area (Å²) in [6.07, 6.45) is -0.0471. The number of aryl methyl sites for hydroxylation is 1. The maximum atomic E-state index is 12.6. The number of carbonyl (C=O) groups excluding carboxylic acids is 2. The molecule has 0 fully saturated rings. The van der Waals surface area contributed by atoms with Gasteiger partial charge in [-0.15, -0.1) is 0 Å². The van der Waals surface area contributed by atoms with Crippen molar-refractivity contribution in [2.75, 3.05) is 13.6 Å². The lowest BCUT2D eigenvalue weighted by Crippen LogP contribution is -2.46. The predicted octanol–water partition coefficient (Wildman–Crippen LogP) is 0.527. The summed E-state index contributed by atoms with van der Waals surface area (Å²) < 4.78 is 26.0. The molecule has 0 aliphatic carbocycles. The zero-order chi connectivity index (χ0) is 22.5. The lowest BCUT2D eigenvalue weighted by atomic mass is 10.0. The molecule has 0 aliphatic rings. The van der Waals surface area contributed by atoms with E-state index >= 15 is 0 Å². The molecule has 10 heteroatoms. The summed E-state index contributed by atoms with van der Waals surface area (Å²) in [7, 11) is -2.65. The molecular weight excluding hydrogens is 410 g/mol. The van der Waals surface area contributed by atoms with Crippen LogP contribution in [0.5, 0.6) is 0 Å². The van der Waals surface area contributed by atoms with Crippen molar-refractivity contribution in [1.82, 2.24) is 9.62 Å². The molecule has 0 saturated carbocycles. The predicted molar refractivity (Wildman–Crippen MR) is 109 cm³/mol. The number of sulfonamides is 1. The van der Waals surface area contributed by atoms with Crippen LogP contribution in [0.3, 0.4) is 0 Å². The van der Waals surface area contributed by atoms with Crippen LogP contribution in [0.2, 0.25) is 0 Å². The van der Waals surface area contributed by atoms with Crippen LogP contribution >= 0.6 is 0 Å². The SMILES string of the molecule is Cc1ccc(S(=O)(=O)N(C)CC(=O)NC(Cc2ccc(C(N)=O)cc2)C(=O)O)cc1. The monoisotopic (exact) mass is 433 g/mol. The van der Waals surface area contributed by atoms with Gasteiger partial charge in [0.2, 0.25) is 21.8 Å². The molecule has 2 aromatic carbocycles. The van der Waals surface area contributed by atoms with Crippen molar-refractivity contribution < 1.29 is 27.9 Å². The summed E-state index contributed by atoms with van der Waals surface area (Å²) in [6, 6.07) is 10.9. The van der Waals surface area contributed by atoms with E-state index in [1.54, 1.807) is 12.1 Å². The van der Waals surface area contributed by atoms with Crippen molar-refractivity contribution in [1.29, 1.82) is 0 Å². The van der Waals surface area contributed by atoms with Gasteiger partial charge >= 0.3 is 5.97 Å². The number of likely N-dealkylation sites (N-methyl/N-ethyl adjacent to an activating group) is 1. The molecule has 4 N–H and O–H groups in total. The third-order valence-corrected chi connectivity index (χ3v) is 6.22. The molecule has 0 bridgehead atoms. The van der Waals surface area contributed by atoms with E-state index in [1.807, 2.05) is 6.92 Å². The Balaban J connectivity index is 2.04. The minimum Gasteiger partial charge on any atom is -0.480 e. The average molecular weight is 433 g/mol. The maximum absolute atomic E-state index is 12.6. The van der Waals surface area contributed by atoms with E-state index in [9.17, 15) is 27.9 Å². The standard InChI is InChI=1S/C20H23N3O6S/c1-13-3-9-16(10-4-13)30(28,29)23(2)12-18(24)22-17(20(26)27)11-14-5-7-15(8-6-14)19(21)25/h3-10,17H,11-12H2,1-2H3,(H2,21,25)(H,22,24)(H,26,27). The zero-order valence-electron chi connectivity index (χ0n) is 16.5. The first-order chi connectivity index (χ1) is 14.0. The van der Waals surface area contributed by atoms with E-state index < -0.39 is 40.4 Å². The van der Waals surface area contributed by atoms with Gasteiger partial charge in [-0.2, -0.15) is 4.31 Å². The molecule has 0 radical (unpaired) electrons. The van der Waals surface area contributed by atoms with Crippen molar-refractivity contribution in [3.63, 3.8) is 0 Å². The van der Waals surface area contributed by atoms with Gasteiger partial charge in [-0.3, -0.25) is 9.59 Å². The average Bonchev–Trinajstić information content (AvgIpc) is 2.68. The molecule has 2 aromatic rings. The van der Waals surface area contributed by atoms with Crippen LogP contribution in [-0.4, -0.2) is 55.2 Å². The number of carbonyl (C=O) groups is 3. The molecule has 0 saturated heterocycles. The maximum Gasteiger partial charge on any atom is 0.326 e. The number of amides is 2. The van der Waals surface area contributed by atoms with Crippen molar-refractivity contribution >= 4 is 27.8 Å². The van der Waals surface area contributed by atoms with Crippen LogP contribution < -0.4 is 11.1 Å². The number of hydrogen-bond acceptors (Lipinski definition) is 5. The molecule has 9 nitrogen and oxygen atoms in total. The molecule has 0 aromatic heterocycles. The topological polar surface area (TPSA) is 147 Å². The molecule has 160 valence electrons. The van der Waals surface area contributed by atoms with Gasteiger partial charge in [0.05, 0.1) is 11.4 Å². The minimum absolute atomic E-state index is 0.0349. The summed E-state index contributed by atoms with van der Waals surface area (Å²) in [5, 5.41) is 11.7. The van der Waals surface area contributed by atoms with E-state index in [-0.39, 0.29) is 16.9 Å². The first-order valence-electron chi connectivity index (χ1n) is 8.94. The third kappa shape index (κ3) is 5.88. The number of carboxylic acids is 1. The lowest BCUT2D eigenvalue weighted by molar-refractivity contribution is -0.141. The zero-order valence-corrected chi connectivity index (χ0v) is 17.3. The molecule has 30 heavy (non-hydrogen) atoms. The molecule has 0 heterocycles. The van der Waals surface area contributed by atoms with E-state index in [0.717, 1.165) is 9.87 Å². The largest absolute Gasteiger partial charge is 0.480 e. The van der Waals surface area contributed by atoms with Crippen LogP contribution in [0.4, 0.5) is 0 Å². The van der Waals surface area contributed by atoms with Gasteiger partial charge in [0, 0.05) is 19.0 Å². The second-order valence-corrected chi connectivity index (χ2v) is 8.84. The fraction of sp³-hybridized carbons (Fsp3) is 0.250. The lowest BCUT2D eigenvalue weighted by Gasteiger charge is -2.19. The number of nitrogens with one attached hydrogen (secondary N) is 1. The second kappa shape index (κ2) is 9.51. The van der Waals surface area contributed by atoms with Crippen molar-refractivity contribution in [2.45, 2.75) is 24.3 Å². The Morgan fingerprint density at radius 1 is 1.07 bits per heavy atom. The quantitative estimate of drug-likeness (QED) is 0.525. The van der Waals surface area contributed by atoms with E-state index in [2.05, 4.69) is 5.32 Å². The highest BCUT2D eigenvalue weighted by Gasteiger charge is 2.26. The molecular formula is C20H23N3O6S. The fourth-order valence-electron chi connectivity index (χ4n) is 2.66. The molecule has 2 amide bonds. The van der Waals surface area contributed by atoms with E-state index in [0.29, 0.717) is 5.56 Å². The Hall–Kier alpha value is -3.24. The number of hydrogen-bond donors (Lipinski definition) is 3.